The van der Waals surface area contributed by atoms with Crippen molar-refractivity contribution in [3.63, 3.8) is 0 Å². The van der Waals surface area contributed by atoms with E-state index in [-0.39, 0.29) is 25.3 Å². The van der Waals surface area contributed by atoms with Gasteiger partial charge in [-0.25, -0.2) is 17.5 Å². The summed E-state index contributed by atoms with van der Waals surface area (Å²) < 4.78 is 96.7. The predicted molar refractivity (Wildman–Crippen MR) is 141 cm³/mol. The summed E-state index contributed by atoms with van der Waals surface area (Å²) in [5.74, 6) is -1.99. The van der Waals surface area contributed by atoms with E-state index in [0.717, 1.165) is 52.6 Å². The average Bonchev–Trinajstić information content (AvgIpc) is 3.46. The van der Waals surface area contributed by atoms with E-state index in [1.807, 2.05) is 24.3 Å². The van der Waals surface area contributed by atoms with E-state index in [0.29, 0.717) is 19.0 Å². The zero-order valence-electron chi connectivity index (χ0n) is 22.7. The number of likely N-dealkylation sites (N-methyl/N-ethyl adjacent to an activating group) is 1. The molecule has 232 valence electrons. The fraction of sp³-hybridized carbons (Fsp3) is 0.423. The molecule has 1 amide bonds. The quantitative estimate of drug-likeness (QED) is 0.389. The zero-order valence-corrected chi connectivity index (χ0v) is 23.5. The number of rotatable bonds is 10. The van der Waals surface area contributed by atoms with Crippen molar-refractivity contribution in [2.24, 2.45) is 4.99 Å². The van der Waals surface area contributed by atoms with Gasteiger partial charge in [0.05, 0.1) is 17.0 Å². The van der Waals surface area contributed by atoms with E-state index in [9.17, 15) is 39.6 Å². The highest BCUT2D eigenvalue weighted by molar-refractivity contribution is 7.89. The van der Waals surface area contributed by atoms with Crippen LogP contribution in [0.5, 0.6) is 0 Å². The standard InChI is InChI=1S/C24H29F3N4O3S.C2HF3O2/c1-30(16-12-18-8-10-19(11-9-18)23-28-13-14-29-23)22(32)7-4-15-31(2)35(33,34)21-6-3-5-20(17-21)24(25,26)27;3-2(4,5)1(6)7/h3,5-6,8-11,17H,4,7,12-16H2,1-2H3,(H,28,29);(H,6,7). The van der Waals surface area contributed by atoms with E-state index in [1.54, 1.807) is 11.9 Å². The van der Waals surface area contributed by atoms with Crippen LogP contribution in [0, 0.1) is 0 Å². The maximum Gasteiger partial charge on any atom is 0.490 e. The Labute approximate surface area is 238 Å². The topological polar surface area (TPSA) is 119 Å². The van der Waals surface area contributed by atoms with Crippen molar-refractivity contribution in [2.45, 2.75) is 36.5 Å². The highest BCUT2D eigenvalue weighted by Crippen LogP contribution is 2.31. The molecule has 0 saturated carbocycles. The summed E-state index contributed by atoms with van der Waals surface area (Å²) in [5.41, 5.74) is 1.08. The highest BCUT2D eigenvalue weighted by Gasteiger charge is 2.38. The first-order chi connectivity index (χ1) is 19.4. The number of hydrogen-bond acceptors (Lipinski definition) is 6. The maximum absolute atomic E-state index is 12.9. The Kier molecular flexibility index (Phi) is 11.9. The van der Waals surface area contributed by atoms with Gasteiger partial charge in [-0.3, -0.25) is 9.79 Å². The number of amidine groups is 1. The molecule has 9 nitrogen and oxygen atoms in total. The van der Waals surface area contributed by atoms with E-state index in [2.05, 4.69) is 10.3 Å². The second-order valence-electron chi connectivity index (χ2n) is 9.18. The van der Waals surface area contributed by atoms with Gasteiger partial charge in [0.25, 0.3) is 0 Å². The van der Waals surface area contributed by atoms with Crippen LogP contribution in [0.15, 0.2) is 58.4 Å². The number of nitrogens with one attached hydrogen (secondary N) is 1. The number of carboxylic acid groups (broad SMARTS) is 1. The van der Waals surface area contributed by atoms with Gasteiger partial charge < -0.3 is 15.3 Å². The molecule has 2 aromatic rings. The van der Waals surface area contributed by atoms with Gasteiger partial charge in [-0.15, -0.1) is 0 Å². The number of aliphatic imine (C=N–C) groups is 1. The van der Waals surface area contributed by atoms with Crippen molar-refractivity contribution in [3.05, 3.63) is 65.2 Å². The Morgan fingerprint density at radius 1 is 1.00 bits per heavy atom. The molecule has 0 unspecified atom stereocenters. The Balaban J connectivity index is 0.000000782. The van der Waals surface area contributed by atoms with Crippen LogP contribution in [0.25, 0.3) is 0 Å². The molecular formula is C26H30F6N4O5S. The van der Waals surface area contributed by atoms with Gasteiger partial charge in [0.1, 0.15) is 5.84 Å². The largest absolute Gasteiger partial charge is 0.490 e. The monoisotopic (exact) mass is 624 g/mol. The Morgan fingerprint density at radius 3 is 2.14 bits per heavy atom. The molecule has 1 heterocycles. The van der Waals surface area contributed by atoms with Crippen molar-refractivity contribution in [2.75, 3.05) is 40.3 Å². The van der Waals surface area contributed by atoms with E-state index in [4.69, 9.17) is 9.90 Å². The number of halogens is 6. The van der Waals surface area contributed by atoms with Gasteiger partial charge >= 0.3 is 18.3 Å². The average molecular weight is 625 g/mol. The number of benzene rings is 2. The van der Waals surface area contributed by atoms with Crippen molar-refractivity contribution < 1.29 is 49.5 Å². The zero-order chi connectivity index (χ0) is 31.7. The number of aliphatic carboxylic acids is 1. The number of amides is 1. The molecule has 0 fully saturated rings. The Morgan fingerprint density at radius 2 is 1.62 bits per heavy atom. The maximum atomic E-state index is 12.9. The molecule has 0 radical (unpaired) electrons. The fourth-order valence-corrected chi connectivity index (χ4v) is 4.87. The fourth-order valence-electron chi connectivity index (χ4n) is 3.62. The first-order valence-electron chi connectivity index (χ1n) is 12.5. The Hall–Kier alpha value is -3.66. The molecule has 1 aliphatic heterocycles. The highest BCUT2D eigenvalue weighted by atomic mass is 32.2. The predicted octanol–water partition coefficient (Wildman–Crippen LogP) is 3.79. The van der Waals surface area contributed by atoms with Crippen LogP contribution >= 0.6 is 0 Å². The summed E-state index contributed by atoms with van der Waals surface area (Å²) in [7, 11) is -1.12. The van der Waals surface area contributed by atoms with Crippen molar-refractivity contribution >= 4 is 27.7 Å². The van der Waals surface area contributed by atoms with E-state index < -0.39 is 38.8 Å². The van der Waals surface area contributed by atoms with Crippen molar-refractivity contribution in [3.8, 4) is 0 Å². The van der Waals surface area contributed by atoms with Gasteiger partial charge in [0, 0.05) is 45.7 Å². The summed E-state index contributed by atoms with van der Waals surface area (Å²) in [6, 6.07) is 11.6. The minimum Gasteiger partial charge on any atom is -0.475 e. The lowest BCUT2D eigenvalue weighted by molar-refractivity contribution is -0.192. The van der Waals surface area contributed by atoms with Crippen LogP contribution in [0.3, 0.4) is 0 Å². The molecule has 0 aliphatic carbocycles. The SMILES string of the molecule is CN(CCc1ccc(C2=NCCN2)cc1)C(=O)CCCN(C)S(=O)(=O)c1cccc(C(F)(F)F)c1.O=C(O)C(F)(F)F. The first kappa shape index (κ1) is 34.5. The van der Waals surface area contributed by atoms with E-state index >= 15 is 0 Å². The van der Waals surface area contributed by atoms with Crippen LogP contribution in [0.1, 0.15) is 29.5 Å². The number of carboxylic acids is 1. The van der Waals surface area contributed by atoms with Crippen molar-refractivity contribution in [1.29, 1.82) is 0 Å². The van der Waals surface area contributed by atoms with Gasteiger partial charge in [-0.1, -0.05) is 30.3 Å². The lowest BCUT2D eigenvalue weighted by Crippen LogP contribution is -2.31. The van der Waals surface area contributed by atoms with Gasteiger partial charge in [0.15, 0.2) is 0 Å². The summed E-state index contributed by atoms with van der Waals surface area (Å²) in [6.07, 6.45) is -8.66. The smallest absolute Gasteiger partial charge is 0.475 e. The van der Waals surface area contributed by atoms with Gasteiger partial charge in [-0.05, 0) is 36.6 Å². The summed E-state index contributed by atoms with van der Waals surface area (Å²) in [5, 5.41) is 10.3. The molecule has 0 aromatic heterocycles. The third-order valence-electron chi connectivity index (χ3n) is 6.04. The second-order valence-corrected chi connectivity index (χ2v) is 11.2. The van der Waals surface area contributed by atoms with Crippen LogP contribution in [0.4, 0.5) is 26.3 Å². The molecule has 2 aromatic carbocycles. The van der Waals surface area contributed by atoms with Gasteiger partial charge in [0.2, 0.25) is 15.9 Å². The molecule has 2 N–H and O–H groups in total. The van der Waals surface area contributed by atoms with E-state index in [1.165, 1.54) is 7.05 Å². The second kappa shape index (κ2) is 14.5. The third kappa shape index (κ3) is 10.3. The van der Waals surface area contributed by atoms with Crippen LogP contribution in [-0.2, 0) is 32.2 Å². The molecule has 16 heteroatoms. The van der Waals surface area contributed by atoms with Crippen LogP contribution < -0.4 is 5.32 Å². The third-order valence-corrected chi connectivity index (χ3v) is 7.89. The molecule has 3 rings (SSSR count). The number of nitrogens with zero attached hydrogens (tertiary/aromatic N) is 3. The van der Waals surface area contributed by atoms with Crippen LogP contribution in [-0.4, -0.2) is 86.9 Å². The number of hydrogen-bond donors (Lipinski definition) is 2. The molecule has 0 spiro atoms. The summed E-state index contributed by atoms with van der Waals surface area (Å²) in [4.78, 5) is 26.9. The van der Waals surface area contributed by atoms with Gasteiger partial charge in [-0.2, -0.15) is 26.3 Å². The lowest BCUT2D eigenvalue weighted by Gasteiger charge is -2.20. The molecule has 0 bridgehead atoms. The molecule has 0 atom stereocenters. The van der Waals surface area contributed by atoms with Crippen molar-refractivity contribution in [1.82, 2.24) is 14.5 Å². The summed E-state index contributed by atoms with van der Waals surface area (Å²) >= 11 is 0. The number of sulfonamides is 1. The number of alkyl halides is 6. The summed E-state index contributed by atoms with van der Waals surface area (Å²) in [6.45, 7) is 2.14. The lowest BCUT2D eigenvalue weighted by atomic mass is 10.1. The molecule has 0 saturated heterocycles. The number of carbonyl (C=O) groups excluding carboxylic acids is 1. The first-order valence-corrected chi connectivity index (χ1v) is 13.9. The normalized spacial score (nSPS) is 13.6. The number of carbonyl (C=O) groups is 2. The molecular weight excluding hydrogens is 594 g/mol. The molecule has 1 aliphatic rings. The minimum atomic E-state index is -5.08. The minimum absolute atomic E-state index is 0.0115. The molecule has 42 heavy (non-hydrogen) atoms. The Bertz CT molecular complexity index is 1360. The van der Waals surface area contributed by atoms with Crippen LogP contribution in [0.2, 0.25) is 0 Å².